The summed E-state index contributed by atoms with van der Waals surface area (Å²) in [6, 6.07) is 5.45. The van der Waals surface area contributed by atoms with Gasteiger partial charge in [-0.3, -0.25) is 4.98 Å². The Bertz CT molecular complexity index is 1000. The minimum Gasteiger partial charge on any atom is -0.478 e. The highest BCUT2D eigenvalue weighted by Crippen LogP contribution is 2.43. The first-order valence-corrected chi connectivity index (χ1v) is 9.62. The number of carbonyl (C=O) groups is 1. The Balaban J connectivity index is 1.94. The molecule has 1 fully saturated rings. The maximum absolute atomic E-state index is 11.8. The van der Waals surface area contributed by atoms with Crippen LogP contribution in [0.2, 0.25) is 10.0 Å². The number of nitrogens with zero attached hydrogens (tertiary/aromatic N) is 2. The summed E-state index contributed by atoms with van der Waals surface area (Å²) in [7, 11) is 0. The lowest BCUT2D eigenvalue weighted by Gasteiger charge is -2.30. The molecule has 0 radical (unpaired) electrons. The van der Waals surface area contributed by atoms with Gasteiger partial charge in [-0.05, 0) is 6.07 Å². The topological polar surface area (TPSA) is 62.7 Å². The van der Waals surface area contributed by atoms with Crippen LogP contribution in [0, 0.1) is 0 Å². The average Bonchev–Trinajstić information content (AvgIpc) is 3.07. The fraction of sp³-hybridized carbons (Fsp3) is 0.222. The molecule has 1 aromatic carbocycles. The lowest BCUT2D eigenvalue weighted by molar-refractivity contribution is 0.0696. The molecule has 0 spiro atoms. The highest BCUT2D eigenvalue weighted by atomic mass is 35.5. The summed E-state index contributed by atoms with van der Waals surface area (Å²) in [5.41, 5.74) is 3.26. The van der Waals surface area contributed by atoms with Gasteiger partial charge in [0.05, 0.1) is 39.2 Å². The number of halogens is 2. The third-order valence-corrected chi connectivity index (χ3v) is 6.15. The van der Waals surface area contributed by atoms with Gasteiger partial charge in [-0.25, -0.2) is 4.79 Å². The summed E-state index contributed by atoms with van der Waals surface area (Å²) in [5.74, 6) is -0.989. The largest absolute Gasteiger partial charge is 0.478 e. The molecule has 0 unspecified atom stereocenters. The monoisotopic (exact) mass is 408 g/mol. The second-order valence-electron chi connectivity index (χ2n) is 5.85. The first-order valence-electron chi connectivity index (χ1n) is 7.98. The van der Waals surface area contributed by atoms with Crippen LogP contribution in [0.5, 0.6) is 0 Å². The van der Waals surface area contributed by atoms with Crippen molar-refractivity contribution in [3.05, 3.63) is 45.4 Å². The van der Waals surface area contributed by atoms with Gasteiger partial charge in [0.25, 0.3) is 0 Å². The lowest BCUT2D eigenvalue weighted by atomic mass is 10.1. The number of ether oxygens (including phenoxy) is 1. The van der Waals surface area contributed by atoms with E-state index in [9.17, 15) is 9.90 Å². The van der Waals surface area contributed by atoms with Crippen molar-refractivity contribution in [3.8, 4) is 11.1 Å². The van der Waals surface area contributed by atoms with Crippen LogP contribution in [-0.2, 0) is 4.74 Å². The number of pyridine rings is 1. The zero-order valence-corrected chi connectivity index (χ0v) is 15.9. The summed E-state index contributed by atoms with van der Waals surface area (Å²) in [4.78, 5) is 18.2. The number of morpholine rings is 1. The minimum absolute atomic E-state index is 0.199. The molecule has 8 heteroatoms. The summed E-state index contributed by atoms with van der Waals surface area (Å²) in [6.07, 6.45) is 1.42. The van der Waals surface area contributed by atoms with Crippen molar-refractivity contribution in [2.45, 2.75) is 0 Å². The van der Waals surface area contributed by atoms with Crippen LogP contribution in [0.25, 0.3) is 21.3 Å². The number of thiophene rings is 1. The van der Waals surface area contributed by atoms with Gasteiger partial charge in [-0.1, -0.05) is 35.3 Å². The van der Waals surface area contributed by atoms with E-state index in [0.717, 1.165) is 21.3 Å². The minimum atomic E-state index is -0.989. The number of rotatable bonds is 3. The number of fused-ring (bicyclic) bond motifs is 1. The Kier molecular flexibility index (Phi) is 4.75. The van der Waals surface area contributed by atoms with Crippen LogP contribution in [0.15, 0.2) is 29.8 Å². The number of hydrogen-bond acceptors (Lipinski definition) is 5. The molecule has 2 aromatic heterocycles. The van der Waals surface area contributed by atoms with E-state index < -0.39 is 5.97 Å². The first-order chi connectivity index (χ1) is 12.6. The van der Waals surface area contributed by atoms with Crippen LogP contribution in [0.1, 0.15) is 10.4 Å². The predicted molar refractivity (Wildman–Crippen MR) is 105 cm³/mol. The van der Waals surface area contributed by atoms with Gasteiger partial charge in [0, 0.05) is 35.8 Å². The van der Waals surface area contributed by atoms with E-state index in [-0.39, 0.29) is 5.56 Å². The number of benzene rings is 1. The standard InChI is InChI=1S/C18H14Cl2N2O3S/c19-13-3-1-2-10(14(13)20)12-9-26-17-15(12)21-8-11(18(23)24)16(17)22-4-6-25-7-5-22/h1-3,8-9H,4-7H2,(H,23,24). The molecule has 3 heterocycles. The van der Waals surface area contributed by atoms with Gasteiger partial charge in [0.1, 0.15) is 5.56 Å². The Hall–Kier alpha value is -1.86. The molecule has 0 bridgehead atoms. The summed E-state index contributed by atoms with van der Waals surface area (Å²) in [5, 5.41) is 12.5. The molecule has 4 rings (SSSR count). The Morgan fingerprint density at radius 2 is 2.00 bits per heavy atom. The van der Waals surface area contributed by atoms with E-state index in [4.69, 9.17) is 27.9 Å². The number of hydrogen-bond donors (Lipinski definition) is 1. The Morgan fingerprint density at radius 3 is 2.73 bits per heavy atom. The van der Waals surface area contributed by atoms with Crippen molar-refractivity contribution < 1.29 is 14.6 Å². The summed E-state index contributed by atoms with van der Waals surface area (Å²) in [6.45, 7) is 2.43. The van der Waals surface area contributed by atoms with Crippen LogP contribution in [0.4, 0.5) is 5.69 Å². The van der Waals surface area contributed by atoms with Crippen molar-refractivity contribution in [1.82, 2.24) is 4.98 Å². The fourth-order valence-electron chi connectivity index (χ4n) is 3.12. The molecule has 1 aliphatic rings. The maximum Gasteiger partial charge on any atom is 0.339 e. The zero-order valence-electron chi connectivity index (χ0n) is 13.5. The van der Waals surface area contributed by atoms with E-state index in [0.29, 0.717) is 42.0 Å². The van der Waals surface area contributed by atoms with Crippen molar-refractivity contribution in [3.63, 3.8) is 0 Å². The fourth-order valence-corrected chi connectivity index (χ4v) is 4.62. The molecular weight excluding hydrogens is 395 g/mol. The smallest absolute Gasteiger partial charge is 0.339 e. The van der Waals surface area contributed by atoms with E-state index >= 15 is 0 Å². The molecule has 1 N–H and O–H groups in total. The maximum atomic E-state index is 11.8. The second-order valence-corrected chi connectivity index (χ2v) is 7.52. The van der Waals surface area contributed by atoms with Gasteiger partial charge in [0.2, 0.25) is 0 Å². The SMILES string of the molecule is O=C(O)c1cnc2c(-c3cccc(Cl)c3Cl)csc2c1N1CCOCC1. The van der Waals surface area contributed by atoms with Gasteiger partial charge < -0.3 is 14.7 Å². The van der Waals surface area contributed by atoms with Gasteiger partial charge in [0.15, 0.2) is 0 Å². The van der Waals surface area contributed by atoms with Gasteiger partial charge in [-0.2, -0.15) is 0 Å². The predicted octanol–water partition coefficient (Wildman–Crippen LogP) is 4.80. The highest BCUT2D eigenvalue weighted by Gasteiger charge is 2.24. The van der Waals surface area contributed by atoms with Crippen LogP contribution in [0.3, 0.4) is 0 Å². The third kappa shape index (κ3) is 2.93. The molecule has 1 saturated heterocycles. The number of aromatic carboxylic acids is 1. The number of carboxylic acids is 1. The number of carboxylic acid groups (broad SMARTS) is 1. The van der Waals surface area contributed by atoms with Crippen LogP contribution in [-0.4, -0.2) is 42.4 Å². The van der Waals surface area contributed by atoms with E-state index in [2.05, 4.69) is 9.88 Å². The van der Waals surface area contributed by atoms with Crippen molar-refractivity contribution >= 4 is 56.4 Å². The third-order valence-electron chi connectivity index (χ3n) is 4.36. The Labute approximate surface area is 163 Å². The van der Waals surface area contributed by atoms with Gasteiger partial charge >= 0.3 is 5.97 Å². The Morgan fingerprint density at radius 1 is 1.23 bits per heavy atom. The van der Waals surface area contributed by atoms with Crippen LogP contribution >= 0.6 is 34.5 Å². The molecule has 26 heavy (non-hydrogen) atoms. The second kappa shape index (κ2) is 7.04. The van der Waals surface area contributed by atoms with E-state index in [1.807, 2.05) is 17.5 Å². The zero-order chi connectivity index (χ0) is 18.3. The van der Waals surface area contributed by atoms with E-state index in [1.54, 1.807) is 6.07 Å². The number of aromatic nitrogens is 1. The van der Waals surface area contributed by atoms with Crippen molar-refractivity contribution in [2.24, 2.45) is 0 Å². The summed E-state index contributed by atoms with van der Waals surface area (Å²) < 4.78 is 6.23. The number of anilines is 1. The molecule has 3 aromatic rings. The summed E-state index contributed by atoms with van der Waals surface area (Å²) >= 11 is 14.0. The molecule has 134 valence electrons. The highest BCUT2D eigenvalue weighted by molar-refractivity contribution is 7.18. The van der Waals surface area contributed by atoms with Crippen molar-refractivity contribution in [1.29, 1.82) is 0 Å². The molecule has 1 aliphatic heterocycles. The lowest BCUT2D eigenvalue weighted by Crippen LogP contribution is -2.37. The van der Waals surface area contributed by atoms with Crippen LogP contribution < -0.4 is 4.90 Å². The average molecular weight is 409 g/mol. The molecule has 0 aliphatic carbocycles. The normalized spacial score (nSPS) is 14.8. The molecule has 0 saturated carbocycles. The molecule has 5 nitrogen and oxygen atoms in total. The van der Waals surface area contributed by atoms with Gasteiger partial charge in [-0.15, -0.1) is 11.3 Å². The molecular formula is C18H14Cl2N2O3S. The van der Waals surface area contributed by atoms with E-state index in [1.165, 1.54) is 17.5 Å². The molecule has 0 amide bonds. The first kappa shape index (κ1) is 17.5. The van der Waals surface area contributed by atoms with Crippen molar-refractivity contribution in [2.75, 3.05) is 31.2 Å². The molecule has 0 atom stereocenters. The quantitative estimate of drug-likeness (QED) is 0.673.